The number of nitrogens with one attached hydrogen (secondary N) is 1. The molecule has 3 rings (SSSR count). The van der Waals surface area contributed by atoms with Crippen molar-refractivity contribution in [2.45, 2.75) is 63.3 Å². The van der Waals surface area contributed by atoms with Gasteiger partial charge in [0.25, 0.3) is 0 Å². The van der Waals surface area contributed by atoms with Gasteiger partial charge in [0.2, 0.25) is 5.91 Å². The van der Waals surface area contributed by atoms with Gasteiger partial charge in [-0.3, -0.25) is 9.69 Å². The number of rotatable bonds is 4. The van der Waals surface area contributed by atoms with E-state index in [9.17, 15) is 10.1 Å². The van der Waals surface area contributed by atoms with E-state index < -0.39 is 5.54 Å². The lowest BCUT2D eigenvalue weighted by molar-refractivity contribution is -0.133. The number of nitriles is 1. The average Bonchev–Trinajstić information content (AvgIpc) is 3.08. The third-order valence-corrected chi connectivity index (χ3v) is 5.55. The van der Waals surface area contributed by atoms with E-state index >= 15 is 0 Å². The Labute approximate surface area is 150 Å². The van der Waals surface area contributed by atoms with Gasteiger partial charge in [-0.25, -0.2) is 0 Å². The molecule has 1 saturated heterocycles. The van der Waals surface area contributed by atoms with Crippen LogP contribution in [0.25, 0.3) is 0 Å². The molecule has 2 aliphatic rings. The summed E-state index contributed by atoms with van der Waals surface area (Å²) in [7, 11) is 0. The molecule has 1 heterocycles. The van der Waals surface area contributed by atoms with Gasteiger partial charge in [0.15, 0.2) is 0 Å². The van der Waals surface area contributed by atoms with Crippen molar-refractivity contribution in [1.82, 2.24) is 10.2 Å². The number of carbonyl (C=O) groups excluding carboxylic acids is 1. The predicted octanol–water partition coefficient (Wildman–Crippen LogP) is 2.79. The van der Waals surface area contributed by atoms with E-state index in [1.165, 1.54) is 0 Å². The lowest BCUT2D eigenvalue weighted by Crippen LogP contribution is -2.56. The highest BCUT2D eigenvalue weighted by atomic mass is 16.5. The topological polar surface area (TPSA) is 65.4 Å². The van der Waals surface area contributed by atoms with E-state index in [0.717, 1.165) is 31.2 Å². The van der Waals surface area contributed by atoms with E-state index in [0.29, 0.717) is 13.2 Å². The molecular formula is C20H27N3O2. The molecule has 1 aliphatic carbocycles. The Morgan fingerprint density at radius 2 is 2.00 bits per heavy atom. The maximum absolute atomic E-state index is 12.6. The second-order valence-electron chi connectivity index (χ2n) is 7.38. The molecule has 1 amide bonds. The highest BCUT2D eigenvalue weighted by molar-refractivity contribution is 5.79. The summed E-state index contributed by atoms with van der Waals surface area (Å²) in [6.07, 6.45) is 3.50. The van der Waals surface area contributed by atoms with Crippen LogP contribution < -0.4 is 5.32 Å². The Morgan fingerprint density at radius 3 is 2.64 bits per heavy atom. The summed E-state index contributed by atoms with van der Waals surface area (Å²) in [6.45, 7) is 5.09. The SMILES string of the molecule is C[C@@H]1CO[C@H](c2ccccc2)[C@@H](C)N1CC(=O)NC1(C#N)CCCC1. The summed E-state index contributed by atoms with van der Waals surface area (Å²) < 4.78 is 6.05. The van der Waals surface area contributed by atoms with Gasteiger partial charge in [-0.15, -0.1) is 0 Å². The number of morpholine rings is 1. The van der Waals surface area contributed by atoms with Gasteiger partial charge in [-0.2, -0.15) is 5.26 Å². The lowest BCUT2D eigenvalue weighted by atomic mass is 9.98. The number of hydrogen-bond acceptors (Lipinski definition) is 4. The highest BCUT2D eigenvalue weighted by Gasteiger charge is 2.38. The number of ether oxygens (including phenoxy) is 1. The van der Waals surface area contributed by atoms with Crippen LogP contribution in [0.5, 0.6) is 0 Å². The van der Waals surface area contributed by atoms with Crippen molar-refractivity contribution in [3.63, 3.8) is 0 Å². The van der Waals surface area contributed by atoms with Gasteiger partial charge < -0.3 is 10.1 Å². The molecule has 25 heavy (non-hydrogen) atoms. The van der Waals surface area contributed by atoms with Gasteiger partial charge in [0.05, 0.1) is 25.3 Å². The molecule has 1 saturated carbocycles. The molecule has 0 unspecified atom stereocenters. The number of hydrogen-bond donors (Lipinski definition) is 1. The summed E-state index contributed by atoms with van der Waals surface area (Å²) in [5.41, 5.74) is 0.478. The number of nitrogens with zero attached hydrogens (tertiary/aromatic N) is 2. The minimum absolute atomic E-state index is 0.0402. The van der Waals surface area contributed by atoms with Crippen LogP contribution in [-0.2, 0) is 9.53 Å². The van der Waals surface area contributed by atoms with E-state index in [-0.39, 0.29) is 24.1 Å². The highest BCUT2D eigenvalue weighted by Crippen LogP contribution is 2.31. The molecule has 3 atom stereocenters. The molecule has 2 fully saturated rings. The smallest absolute Gasteiger partial charge is 0.235 e. The van der Waals surface area contributed by atoms with Crippen molar-refractivity contribution in [3.8, 4) is 6.07 Å². The maximum Gasteiger partial charge on any atom is 0.235 e. The fourth-order valence-electron chi connectivity index (χ4n) is 4.09. The molecule has 0 bridgehead atoms. The van der Waals surface area contributed by atoms with E-state index in [4.69, 9.17) is 4.74 Å². The van der Waals surface area contributed by atoms with E-state index in [1.54, 1.807) is 0 Å². The summed E-state index contributed by atoms with van der Waals surface area (Å²) in [4.78, 5) is 14.8. The van der Waals surface area contributed by atoms with Crippen LogP contribution in [0.1, 0.15) is 51.2 Å². The van der Waals surface area contributed by atoms with Crippen LogP contribution >= 0.6 is 0 Å². The van der Waals surface area contributed by atoms with Gasteiger partial charge >= 0.3 is 0 Å². The molecule has 5 heteroatoms. The normalized spacial score (nSPS) is 29.1. The predicted molar refractivity (Wildman–Crippen MR) is 95.7 cm³/mol. The number of carbonyl (C=O) groups is 1. The van der Waals surface area contributed by atoms with Crippen LogP contribution in [0.3, 0.4) is 0 Å². The second-order valence-corrected chi connectivity index (χ2v) is 7.38. The quantitative estimate of drug-likeness (QED) is 0.914. The fraction of sp³-hybridized carbons (Fsp3) is 0.600. The zero-order chi connectivity index (χ0) is 17.9. The number of benzene rings is 1. The third kappa shape index (κ3) is 3.86. The average molecular weight is 341 g/mol. The standard InChI is InChI=1S/C20H27N3O2/c1-15-13-25-19(17-8-4-3-5-9-17)16(2)23(15)12-18(24)22-20(14-21)10-6-7-11-20/h3-5,8-9,15-16,19H,6-7,10-13H2,1-2H3,(H,22,24)/t15-,16-,19+/m1/s1. The van der Waals surface area contributed by atoms with Crippen molar-refractivity contribution in [2.24, 2.45) is 0 Å². The van der Waals surface area contributed by atoms with Crippen LogP contribution in [0, 0.1) is 11.3 Å². The van der Waals surface area contributed by atoms with Crippen LogP contribution in [-0.4, -0.2) is 41.6 Å². The molecule has 0 radical (unpaired) electrons. The zero-order valence-corrected chi connectivity index (χ0v) is 15.1. The largest absolute Gasteiger partial charge is 0.370 e. The molecule has 1 aromatic carbocycles. The molecular weight excluding hydrogens is 314 g/mol. The molecule has 0 spiro atoms. The minimum atomic E-state index is -0.658. The Balaban J connectivity index is 1.67. The molecule has 1 N–H and O–H groups in total. The van der Waals surface area contributed by atoms with Gasteiger partial charge in [0, 0.05) is 12.1 Å². The van der Waals surface area contributed by atoms with E-state index in [2.05, 4.69) is 42.3 Å². The van der Waals surface area contributed by atoms with Crippen molar-refractivity contribution in [3.05, 3.63) is 35.9 Å². The van der Waals surface area contributed by atoms with Crippen molar-refractivity contribution >= 4 is 5.91 Å². The monoisotopic (exact) mass is 341 g/mol. The van der Waals surface area contributed by atoms with Crippen LogP contribution in [0.2, 0.25) is 0 Å². The van der Waals surface area contributed by atoms with Crippen molar-refractivity contribution in [1.29, 1.82) is 5.26 Å². The first kappa shape index (κ1) is 17.9. The first-order valence-electron chi connectivity index (χ1n) is 9.19. The van der Waals surface area contributed by atoms with Gasteiger partial charge in [-0.05, 0) is 45.1 Å². The molecule has 5 nitrogen and oxygen atoms in total. The van der Waals surface area contributed by atoms with Crippen LogP contribution in [0.4, 0.5) is 0 Å². The molecule has 1 aromatic rings. The first-order valence-corrected chi connectivity index (χ1v) is 9.19. The molecule has 134 valence electrons. The maximum atomic E-state index is 12.6. The third-order valence-electron chi connectivity index (χ3n) is 5.55. The van der Waals surface area contributed by atoms with Gasteiger partial charge in [-0.1, -0.05) is 30.3 Å². The Hall–Kier alpha value is -1.90. The second kappa shape index (κ2) is 7.55. The summed E-state index contributed by atoms with van der Waals surface area (Å²) >= 11 is 0. The van der Waals surface area contributed by atoms with E-state index in [1.807, 2.05) is 18.2 Å². The fourth-order valence-corrected chi connectivity index (χ4v) is 4.09. The zero-order valence-electron chi connectivity index (χ0n) is 15.1. The summed E-state index contributed by atoms with van der Waals surface area (Å²) in [5.74, 6) is -0.0594. The Kier molecular flexibility index (Phi) is 5.41. The molecule has 1 aliphatic heterocycles. The summed E-state index contributed by atoms with van der Waals surface area (Å²) in [5, 5.41) is 12.5. The Bertz CT molecular complexity index is 634. The molecule has 0 aromatic heterocycles. The number of amides is 1. The van der Waals surface area contributed by atoms with Gasteiger partial charge in [0.1, 0.15) is 5.54 Å². The van der Waals surface area contributed by atoms with Crippen molar-refractivity contribution in [2.75, 3.05) is 13.2 Å². The van der Waals surface area contributed by atoms with Crippen molar-refractivity contribution < 1.29 is 9.53 Å². The Morgan fingerprint density at radius 1 is 1.32 bits per heavy atom. The lowest BCUT2D eigenvalue weighted by Gasteiger charge is -2.43. The summed E-state index contributed by atoms with van der Waals surface area (Å²) in [6, 6.07) is 12.7. The minimum Gasteiger partial charge on any atom is -0.370 e. The van der Waals surface area contributed by atoms with Crippen LogP contribution in [0.15, 0.2) is 30.3 Å². The first-order chi connectivity index (χ1) is 12.0.